The molecule has 4 heterocycles. The maximum atomic E-state index is 11.8. The van der Waals surface area contributed by atoms with Gasteiger partial charge in [-0.3, -0.25) is 4.90 Å². The normalized spacial score (nSPS) is 17.5. The monoisotopic (exact) mass is 501 g/mol. The van der Waals surface area contributed by atoms with E-state index in [-0.39, 0.29) is 0 Å². The quantitative estimate of drug-likeness (QED) is 0.408. The van der Waals surface area contributed by atoms with Crippen molar-refractivity contribution in [2.45, 2.75) is 24.8 Å². The Morgan fingerprint density at radius 3 is 2.08 bits per heavy atom. The highest BCUT2D eigenvalue weighted by Crippen LogP contribution is 2.42. The number of hydrogen-bond donors (Lipinski definition) is 0. The van der Waals surface area contributed by atoms with Gasteiger partial charge in [0.15, 0.2) is 15.5 Å². The van der Waals surface area contributed by atoms with Crippen LogP contribution in [-0.4, -0.2) is 66.3 Å². The van der Waals surface area contributed by atoms with Crippen molar-refractivity contribution in [3.8, 4) is 22.6 Å². The van der Waals surface area contributed by atoms with Crippen LogP contribution in [0.5, 0.6) is 0 Å². The minimum atomic E-state index is -3.23. The van der Waals surface area contributed by atoms with Crippen molar-refractivity contribution < 1.29 is 8.42 Å². The number of benzene rings is 2. The average molecular weight is 502 g/mol. The fraction of sp³-hybridized carbons (Fsp3) is 0.357. The molecule has 4 aromatic rings. The van der Waals surface area contributed by atoms with Gasteiger partial charge in [-0.15, -0.1) is 0 Å². The lowest BCUT2D eigenvalue weighted by atomic mass is 9.72. The zero-order chi connectivity index (χ0) is 25.2. The molecule has 0 radical (unpaired) electrons. The maximum Gasteiger partial charge on any atom is 0.175 e. The lowest BCUT2D eigenvalue weighted by molar-refractivity contribution is -0.0411. The van der Waals surface area contributed by atoms with Gasteiger partial charge in [0.25, 0.3) is 0 Å². The molecule has 1 spiro atoms. The molecule has 2 saturated heterocycles. The van der Waals surface area contributed by atoms with E-state index in [1.165, 1.54) is 25.0 Å². The van der Waals surface area contributed by atoms with E-state index in [0.29, 0.717) is 16.4 Å². The summed E-state index contributed by atoms with van der Waals surface area (Å²) >= 11 is 0. The molecular weight excluding hydrogens is 470 g/mol. The molecule has 2 aliphatic heterocycles. The standard InChI is InChI=1S/C28H31N5O2S/c1-19(2)32-15-28(16-32)17-33(18-28)22-9-5-20(6-10-22)24-13-14-25-27(29-24)31(3)26(30-25)21-7-11-23(12-8-21)36(4,34)35/h5-14,19H,15-18H2,1-4H3. The van der Waals surface area contributed by atoms with Crippen LogP contribution in [0.3, 0.4) is 0 Å². The van der Waals surface area contributed by atoms with Crippen LogP contribution in [0.1, 0.15) is 13.8 Å². The zero-order valence-electron chi connectivity index (χ0n) is 21.1. The zero-order valence-corrected chi connectivity index (χ0v) is 22.0. The van der Waals surface area contributed by atoms with E-state index in [1.807, 2.05) is 23.7 Å². The summed E-state index contributed by atoms with van der Waals surface area (Å²) in [6.07, 6.45) is 1.21. The molecule has 8 heteroatoms. The topological polar surface area (TPSA) is 71.3 Å². The number of anilines is 1. The fourth-order valence-electron chi connectivity index (χ4n) is 5.50. The molecule has 0 aliphatic carbocycles. The molecule has 0 saturated carbocycles. The Bertz CT molecular complexity index is 1540. The lowest BCUT2D eigenvalue weighted by Crippen LogP contribution is -2.73. The van der Waals surface area contributed by atoms with Crippen molar-refractivity contribution in [1.29, 1.82) is 0 Å². The van der Waals surface area contributed by atoms with Gasteiger partial charge in [0.2, 0.25) is 0 Å². The van der Waals surface area contributed by atoms with Crippen LogP contribution in [0.2, 0.25) is 0 Å². The van der Waals surface area contributed by atoms with Gasteiger partial charge < -0.3 is 9.47 Å². The SMILES string of the molecule is CC(C)N1CC2(CN(c3ccc(-c4ccc5nc(-c6ccc(S(C)(=O)=O)cc6)n(C)c5n4)cc3)C2)C1. The van der Waals surface area contributed by atoms with Crippen LogP contribution in [0.25, 0.3) is 33.8 Å². The molecule has 2 fully saturated rings. The summed E-state index contributed by atoms with van der Waals surface area (Å²) in [5, 5.41) is 0. The van der Waals surface area contributed by atoms with Crippen LogP contribution in [-0.2, 0) is 16.9 Å². The highest BCUT2D eigenvalue weighted by molar-refractivity contribution is 7.90. The van der Waals surface area contributed by atoms with Gasteiger partial charge in [-0.2, -0.15) is 0 Å². The van der Waals surface area contributed by atoms with Crippen molar-refractivity contribution in [3.63, 3.8) is 0 Å². The van der Waals surface area contributed by atoms with E-state index >= 15 is 0 Å². The van der Waals surface area contributed by atoms with Crippen molar-refractivity contribution in [3.05, 3.63) is 60.7 Å². The molecular formula is C28H31N5O2S. The molecule has 0 amide bonds. The highest BCUT2D eigenvalue weighted by atomic mass is 32.2. The first-order valence-electron chi connectivity index (χ1n) is 12.4. The number of nitrogens with zero attached hydrogens (tertiary/aromatic N) is 5. The van der Waals surface area contributed by atoms with Crippen LogP contribution in [0.4, 0.5) is 5.69 Å². The minimum Gasteiger partial charge on any atom is -0.370 e. The van der Waals surface area contributed by atoms with Gasteiger partial charge in [-0.05, 0) is 62.4 Å². The van der Waals surface area contributed by atoms with Gasteiger partial charge in [0.1, 0.15) is 11.3 Å². The molecule has 186 valence electrons. The van der Waals surface area contributed by atoms with E-state index in [1.54, 1.807) is 24.3 Å². The Labute approximate surface area is 212 Å². The summed E-state index contributed by atoms with van der Waals surface area (Å²) in [6, 6.07) is 20.2. The van der Waals surface area contributed by atoms with Crippen molar-refractivity contribution in [2.75, 3.05) is 37.3 Å². The van der Waals surface area contributed by atoms with Crippen molar-refractivity contribution in [1.82, 2.24) is 19.4 Å². The molecule has 7 nitrogen and oxygen atoms in total. The molecule has 0 atom stereocenters. The number of aromatic nitrogens is 3. The van der Waals surface area contributed by atoms with Gasteiger partial charge in [0, 0.05) is 67.8 Å². The summed E-state index contributed by atoms with van der Waals surface area (Å²) in [5.74, 6) is 0.754. The summed E-state index contributed by atoms with van der Waals surface area (Å²) in [6.45, 7) is 9.27. The number of pyridine rings is 1. The summed E-state index contributed by atoms with van der Waals surface area (Å²) in [7, 11) is -1.29. The Morgan fingerprint density at radius 1 is 0.833 bits per heavy atom. The number of aryl methyl sites for hydroxylation is 1. The van der Waals surface area contributed by atoms with E-state index < -0.39 is 9.84 Å². The number of sulfone groups is 1. The summed E-state index contributed by atoms with van der Waals surface area (Å²) in [5.41, 5.74) is 6.20. The van der Waals surface area contributed by atoms with E-state index in [2.05, 4.69) is 47.9 Å². The van der Waals surface area contributed by atoms with Crippen LogP contribution >= 0.6 is 0 Å². The third-order valence-corrected chi connectivity index (χ3v) is 8.77. The lowest BCUT2D eigenvalue weighted by Gasteiger charge is -2.62. The van der Waals surface area contributed by atoms with Crippen molar-refractivity contribution in [2.24, 2.45) is 12.5 Å². The minimum absolute atomic E-state index is 0.299. The van der Waals surface area contributed by atoms with Gasteiger partial charge in [-0.1, -0.05) is 12.1 Å². The third-order valence-electron chi connectivity index (χ3n) is 7.65. The maximum absolute atomic E-state index is 11.8. The highest BCUT2D eigenvalue weighted by Gasteiger charge is 2.52. The Balaban J connectivity index is 1.21. The van der Waals surface area contributed by atoms with Gasteiger partial charge in [-0.25, -0.2) is 18.4 Å². The number of rotatable bonds is 5. The summed E-state index contributed by atoms with van der Waals surface area (Å²) < 4.78 is 25.5. The van der Waals surface area contributed by atoms with E-state index in [0.717, 1.165) is 46.9 Å². The van der Waals surface area contributed by atoms with Crippen molar-refractivity contribution >= 4 is 26.7 Å². The molecule has 36 heavy (non-hydrogen) atoms. The Morgan fingerprint density at radius 2 is 1.47 bits per heavy atom. The molecule has 0 bridgehead atoms. The molecule has 2 aliphatic rings. The molecule has 2 aromatic carbocycles. The third kappa shape index (κ3) is 3.89. The second kappa shape index (κ2) is 8.15. The second-order valence-electron chi connectivity index (χ2n) is 10.7. The molecule has 0 N–H and O–H groups in total. The predicted molar refractivity (Wildman–Crippen MR) is 144 cm³/mol. The van der Waals surface area contributed by atoms with E-state index in [4.69, 9.17) is 9.97 Å². The molecule has 2 aromatic heterocycles. The smallest absolute Gasteiger partial charge is 0.175 e. The van der Waals surface area contributed by atoms with Gasteiger partial charge in [0.05, 0.1) is 10.6 Å². The molecule has 6 rings (SSSR count). The largest absolute Gasteiger partial charge is 0.370 e. The number of fused-ring (bicyclic) bond motifs is 1. The first kappa shape index (κ1) is 23.2. The van der Waals surface area contributed by atoms with Gasteiger partial charge >= 0.3 is 0 Å². The molecule has 0 unspecified atom stereocenters. The number of hydrogen-bond acceptors (Lipinski definition) is 6. The number of likely N-dealkylation sites (tertiary alicyclic amines) is 1. The van der Waals surface area contributed by atoms with Crippen LogP contribution < -0.4 is 4.90 Å². The van der Waals surface area contributed by atoms with E-state index in [9.17, 15) is 8.42 Å². The first-order valence-corrected chi connectivity index (χ1v) is 14.2. The van der Waals surface area contributed by atoms with Crippen LogP contribution in [0, 0.1) is 5.41 Å². The average Bonchev–Trinajstić information content (AvgIpc) is 3.13. The summed E-state index contributed by atoms with van der Waals surface area (Å²) in [4.78, 5) is 15.0. The second-order valence-corrected chi connectivity index (χ2v) is 12.7. The predicted octanol–water partition coefficient (Wildman–Crippen LogP) is 4.24. The van der Waals surface area contributed by atoms with Crippen LogP contribution in [0.15, 0.2) is 65.6 Å². The fourth-order valence-corrected chi connectivity index (χ4v) is 6.13. The Hall–Kier alpha value is -3.23. The Kier molecular flexibility index (Phi) is 5.25. The first-order chi connectivity index (χ1) is 17.1. The number of imidazole rings is 1.